The van der Waals surface area contributed by atoms with Gasteiger partial charge in [-0.3, -0.25) is 13.9 Å². The van der Waals surface area contributed by atoms with Crippen molar-refractivity contribution in [1.82, 2.24) is 10.2 Å². The molecular weight excluding hydrogens is 497 g/mol. The van der Waals surface area contributed by atoms with Gasteiger partial charge < -0.3 is 15.0 Å². The summed E-state index contributed by atoms with van der Waals surface area (Å²) in [5.41, 5.74) is 1.66. The normalized spacial score (nSPS) is 14.7. The van der Waals surface area contributed by atoms with Crippen molar-refractivity contribution in [3.8, 4) is 5.75 Å². The highest BCUT2D eigenvalue weighted by atomic mass is 32.2. The molecule has 0 saturated heterocycles. The molecule has 10 heteroatoms. The van der Waals surface area contributed by atoms with Crippen LogP contribution in [0.4, 0.5) is 10.1 Å². The highest BCUT2D eigenvalue weighted by molar-refractivity contribution is 7.92. The van der Waals surface area contributed by atoms with E-state index in [1.165, 1.54) is 24.1 Å². The van der Waals surface area contributed by atoms with E-state index in [4.69, 9.17) is 4.74 Å². The Labute approximate surface area is 218 Å². The zero-order chi connectivity index (χ0) is 27.2. The van der Waals surface area contributed by atoms with Gasteiger partial charge in [-0.2, -0.15) is 0 Å². The lowest BCUT2D eigenvalue weighted by molar-refractivity contribution is -0.140. The molecule has 3 rings (SSSR count). The molecule has 0 bridgehead atoms. The minimum Gasteiger partial charge on any atom is -0.495 e. The largest absolute Gasteiger partial charge is 0.495 e. The van der Waals surface area contributed by atoms with Gasteiger partial charge in [-0.05, 0) is 61.6 Å². The maximum Gasteiger partial charge on any atom is 0.244 e. The van der Waals surface area contributed by atoms with E-state index in [1.54, 1.807) is 30.3 Å². The molecule has 0 radical (unpaired) electrons. The van der Waals surface area contributed by atoms with Crippen molar-refractivity contribution in [3.63, 3.8) is 0 Å². The van der Waals surface area contributed by atoms with E-state index in [1.807, 2.05) is 13.8 Å². The van der Waals surface area contributed by atoms with Crippen LogP contribution >= 0.6 is 0 Å². The second kappa shape index (κ2) is 12.4. The molecule has 37 heavy (non-hydrogen) atoms. The SMILES string of the molecule is CCC(C(=O)NC1CCCC1)N(Cc1ccc(F)cc1)C(=O)CN(c1cc(C)ccc1OC)S(C)(=O)=O. The lowest BCUT2D eigenvalue weighted by Crippen LogP contribution is -2.53. The molecule has 1 aliphatic carbocycles. The van der Waals surface area contributed by atoms with Crippen molar-refractivity contribution in [2.45, 2.75) is 64.6 Å². The Morgan fingerprint density at radius 3 is 2.35 bits per heavy atom. The molecule has 1 N–H and O–H groups in total. The van der Waals surface area contributed by atoms with Gasteiger partial charge in [-0.25, -0.2) is 12.8 Å². The molecule has 8 nitrogen and oxygen atoms in total. The Morgan fingerprint density at radius 1 is 1.14 bits per heavy atom. The van der Waals surface area contributed by atoms with Gasteiger partial charge >= 0.3 is 0 Å². The molecule has 2 amide bonds. The third kappa shape index (κ3) is 7.44. The van der Waals surface area contributed by atoms with Gasteiger partial charge in [0.2, 0.25) is 21.8 Å². The molecule has 0 heterocycles. The number of benzene rings is 2. The van der Waals surface area contributed by atoms with Gasteiger partial charge in [0.05, 0.1) is 19.1 Å². The number of amides is 2. The summed E-state index contributed by atoms with van der Waals surface area (Å²) in [5.74, 6) is -0.932. The summed E-state index contributed by atoms with van der Waals surface area (Å²) in [6.07, 6.45) is 5.23. The average molecular weight is 534 g/mol. The quantitative estimate of drug-likeness (QED) is 0.474. The van der Waals surface area contributed by atoms with Crippen LogP contribution in [0.15, 0.2) is 42.5 Å². The molecule has 1 atom stereocenters. The van der Waals surface area contributed by atoms with Crippen molar-refractivity contribution in [3.05, 3.63) is 59.4 Å². The van der Waals surface area contributed by atoms with E-state index in [2.05, 4.69) is 5.32 Å². The standard InChI is InChI=1S/C27H36FN3O5S/c1-5-23(27(33)29-22-8-6-7-9-22)30(17-20-11-13-21(28)14-12-20)26(32)18-31(37(4,34)35)24-16-19(2)10-15-25(24)36-3/h10-16,22-23H,5-9,17-18H2,1-4H3,(H,29,33). The number of hydrogen-bond donors (Lipinski definition) is 1. The van der Waals surface area contributed by atoms with Gasteiger partial charge in [-0.1, -0.05) is 38.0 Å². The first-order chi connectivity index (χ1) is 17.5. The first-order valence-electron chi connectivity index (χ1n) is 12.5. The van der Waals surface area contributed by atoms with Crippen molar-refractivity contribution in [2.24, 2.45) is 0 Å². The molecule has 202 valence electrons. The second-order valence-corrected chi connectivity index (χ2v) is 11.4. The van der Waals surface area contributed by atoms with Crippen LogP contribution in [0.1, 0.15) is 50.2 Å². The molecule has 0 spiro atoms. The monoisotopic (exact) mass is 533 g/mol. The molecule has 2 aromatic rings. The fourth-order valence-corrected chi connectivity index (χ4v) is 5.51. The number of nitrogens with one attached hydrogen (secondary N) is 1. The van der Waals surface area contributed by atoms with Crippen LogP contribution < -0.4 is 14.4 Å². The highest BCUT2D eigenvalue weighted by Gasteiger charge is 2.33. The topological polar surface area (TPSA) is 96.0 Å². The van der Waals surface area contributed by atoms with Crippen LogP contribution in [0.25, 0.3) is 0 Å². The summed E-state index contributed by atoms with van der Waals surface area (Å²) >= 11 is 0. The predicted octanol–water partition coefficient (Wildman–Crippen LogP) is 3.77. The van der Waals surface area contributed by atoms with E-state index in [0.29, 0.717) is 17.7 Å². The van der Waals surface area contributed by atoms with Crippen LogP contribution in [-0.2, 0) is 26.2 Å². The first-order valence-corrected chi connectivity index (χ1v) is 14.3. The summed E-state index contributed by atoms with van der Waals surface area (Å²) in [5, 5.41) is 3.06. The summed E-state index contributed by atoms with van der Waals surface area (Å²) < 4.78 is 45.6. The number of nitrogens with zero attached hydrogens (tertiary/aromatic N) is 2. The Morgan fingerprint density at radius 2 is 1.78 bits per heavy atom. The number of ether oxygens (including phenoxy) is 1. The van der Waals surface area contributed by atoms with Gasteiger partial charge in [0.1, 0.15) is 24.2 Å². The third-order valence-corrected chi connectivity index (χ3v) is 7.76. The maximum atomic E-state index is 13.8. The predicted molar refractivity (Wildman–Crippen MR) is 141 cm³/mol. The van der Waals surface area contributed by atoms with Gasteiger partial charge in [-0.15, -0.1) is 0 Å². The summed E-state index contributed by atoms with van der Waals surface area (Å²) in [7, 11) is -2.46. The lowest BCUT2D eigenvalue weighted by atomic mass is 10.1. The molecule has 0 aromatic heterocycles. The van der Waals surface area contributed by atoms with Gasteiger partial charge in [0, 0.05) is 12.6 Å². The van der Waals surface area contributed by atoms with E-state index in [0.717, 1.165) is 41.8 Å². The maximum absolute atomic E-state index is 13.8. The molecule has 0 aliphatic heterocycles. The van der Waals surface area contributed by atoms with Crippen molar-refractivity contribution in [2.75, 3.05) is 24.2 Å². The van der Waals surface area contributed by atoms with Crippen LogP contribution in [0.3, 0.4) is 0 Å². The second-order valence-electron chi connectivity index (χ2n) is 9.51. The zero-order valence-corrected chi connectivity index (χ0v) is 22.7. The number of sulfonamides is 1. The Kier molecular flexibility index (Phi) is 9.53. The highest BCUT2D eigenvalue weighted by Crippen LogP contribution is 2.31. The van der Waals surface area contributed by atoms with Gasteiger partial charge in [0.15, 0.2) is 0 Å². The number of anilines is 1. The summed E-state index contributed by atoms with van der Waals surface area (Å²) in [6.45, 7) is 3.12. The number of halogens is 1. The number of aryl methyl sites for hydroxylation is 1. The van der Waals surface area contributed by atoms with E-state index < -0.39 is 34.3 Å². The lowest BCUT2D eigenvalue weighted by Gasteiger charge is -2.33. The van der Waals surface area contributed by atoms with Crippen LogP contribution in [0, 0.1) is 12.7 Å². The number of rotatable bonds is 11. The number of carbonyl (C=O) groups excluding carboxylic acids is 2. The van der Waals surface area contributed by atoms with Crippen LogP contribution in [0.2, 0.25) is 0 Å². The van der Waals surface area contributed by atoms with Gasteiger partial charge in [0.25, 0.3) is 0 Å². The van der Waals surface area contributed by atoms with Crippen molar-refractivity contribution in [1.29, 1.82) is 0 Å². The molecule has 1 fully saturated rings. The third-order valence-electron chi connectivity index (χ3n) is 6.64. The Balaban J connectivity index is 1.96. The van der Waals surface area contributed by atoms with Crippen LogP contribution in [0.5, 0.6) is 5.75 Å². The Hall–Kier alpha value is -3.14. The Bertz CT molecular complexity index is 1200. The zero-order valence-electron chi connectivity index (χ0n) is 21.9. The summed E-state index contributed by atoms with van der Waals surface area (Å²) in [6, 6.07) is 9.99. The fraction of sp³-hybridized carbons (Fsp3) is 0.481. The minimum atomic E-state index is -3.89. The molecule has 1 saturated carbocycles. The van der Waals surface area contributed by atoms with E-state index >= 15 is 0 Å². The number of carbonyl (C=O) groups is 2. The van der Waals surface area contributed by atoms with E-state index in [9.17, 15) is 22.4 Å². The molecule has 2 aromatic carbocycles. The van der Waals surface area contributed by atoms with Crippen molar-refractivity contribution >= 4 is 27.5 Å². The summed E-state index contributed by atoms with van der Waals surface area (Å²) in [4.78, 5) is 28.5. The minimum absolute atomic E-state index is 0.0261. The molecule has 1 unspecified atom stereocenters. The van der Waals surface area contributed by atoms with Crippen molar-refractivity contribution < 1.29 is 27.1 Å². The smallest absolute Gasteiger partial charge is 0.244 e. The average Bonchev–Trinajstić information content (AvgIpc) is 3.35. The number of methoxy groups -OCH3 is 1. The fourth-order valence-electron chi connectivity index (χ4n) is 4.66. The van der Waals surface area contributed by atoms with Crippen LogP contribution in [-0.4, -0.2) is 57.1 Å². The molecule has 1 aliphatic rings. The molecular formula is C27H36FN3O5S. The van der Waals surface area contributed by atoms with E-state index in [-0.39, 0.29) is 24.2 Å². The first kappa shape index (κ1) is 28.4. The number of hydrogen-bond acceptors (Lipinski definition) is 5.